The summed E-state index contributed by atoms with van der Waals surface area (Å²) in [7, 11) is -2.84. The van der Waals surface area contributed by atoms with E-state index in [1.165, 1.54) is 38.3 Å². The first kappa shape index (κ1) is 29.4. The van der Waals surface area contributed by atoms with Crippen molar-refractivity contribution in [1.82, 2.24) is 5.32 Å². The number of hydrogen-bond acceptors (Lipinski definition) is 7. The van der Waals surface area contributed by atoms with Gasteiger partial charge >= 0.3 is 0 Å². The molecule has 11 heteroatoms. The van der Waals surface area contributed by atoms with Crippen LogP contribution in [0.1, 0.15) is 30.9 Å². The Bertz CT molecular complexity index is 1390. The summed E-state index contributed by atoms with van der Waals surface area (Å²) < 4.78 is 39.1. The zero-order valence-corrected chi connectivity index (χ0v) is 23.1. The summed E-state index contributed by atoms with van der Waals surface area (Å²) in [5.41, 5.74) is 1.26. The maximum absolute atomic E-state index is 13.6. The lowest BCUT2D eigenvalue weighted by molar-refractivity contribution is -0.385. The third kappa shape index (κ3) is 7.70. The first-order chi connectivity index (χ1) is 18.7. The van der Waals surface area contributed by atoms with Crippen LogP contribution in [0.4, 0.5) is 11.4 Å². The van der Waals surface area contributed by atoms with Gasteiger partial charge in [-0.15, -0.1) is 0 Å². The van der Waals surface area contributed by atoms with E-state index in [0.717, 1.165) is 28.1 Å². The molecule has 0 saturated heterocycles. The summed E-state index contributed by atoms with van der Waals surface area (Å²) in [6.07, 6.45) is 2.19. The van der Waals surface area contributed by atoms with Gasteiger partial charge in [-0.1, -0.05) is 31.2 Å². The van der Waals surface area contributed by atoms with Crippen LogP contribution >= 0.6 is 0 Å². The molecular weight excluding hydrogens is 522 g/mol. The van der Waals surface area contributed by atoms with E-state index >= 15 is 0 Å². The van der Waals surface area contributed by atoms with Crippen LogP contribution in [0.25, 0.3) is 0 Å². The molecule has 0 radical (unpaired) electrons. The Morgan fingerprint density at radius 2 is 1.79 bits per heavy atom. The third-order valence-electron chi connectivity index (χ3n) is 5.99. The number of amides is 1. The molecule has 0 fully saturated rings. The number of methoxy groups -OCH3 is 1. The maximum atomic E-state index is 13.6. The molecule has 0 saturated carbocycles. The first-order valence-electron chi connectivity index (χ1n) is 12.6. The van der Waals surface area contributed by atoms with Crippen molar-refractivity contribution in [3.8, 4) is 11.5 Å². The summed E-state index contributed by atoms with van der Waals surface area (Å²) in [4.78, 5) is 23.4. The van der Waals surface area contributed by atoms with E-state index in [9.17, 15) is 23.3 Å². The van der Waals surface area contributed by atoms with E-state index < -0.39 is 27.4 Å². The normalized spacial score (nSPS) is 11.1. The average molecular weight is 556 g/mol. The number of aryl methyl sites for hydroxylation is 2. The zero-order valence-electron chi connectivity index (χ0n) is 22.3. The van der Waals surface area contributed by atoms with Crippen LogP contribution in [-0.4, -0.2) is 46.1 Å². The van der Waals surface area contributed by atoms with Gasteiger partial charge in [-0.2, -0.15) is 0 Å². The number of hydrogen-bond donors (Lipinski definition) is 1. The molecule has 10 nitrogen and oxygen atoms in total. The van der Waals surface area contributed by atoms with Crippen LogP contribution in [-0.2, 0) is 21.2 Å². The van der Waals surface area contributed by atoms with Crippen LogP contribution in [0.3, 0.4) is 0 Å². The van der Waals surface area contributed by atoms with Crippen LogP contribution in [0, 0.1) is 17.0 Å². The number of nitrogens with one attached hydrogen (secondary N) is 1. The highest BCUT2D eigenvalue weighted by atomic mass is 32.2. The van der Waals surface area contributed by atoms with Crippen LogP contribution < -0.4 is 19.1 Å². The predicted molar refractivity (Wildman–Crippen MR) is 149 cm³/mol. The molecule has 0 spiro atoms. The van der Waals surface area contributed by atoms with Crippen molar-refractivity contribution >= 4 is 27.3 Å². The minimum Gasteiger partial charge on any atom is -0.497 e. The average Bonchev–Trinajstić information content (AvgIpc) is 2.93. The van der Waals surface area contributed by atoms with Crippen molar-refractivity contribution < 1.29 is 27.6 Å². The molecule has 0 bridgehead atoms. The standard InChI is InChI=1S/C28H33N3O7S/c1-4-18-38-27-10-6-5-8-22(27)9-7-17-29-28(32)20-30(23-12-14-24(37-3)15-13-23)39(35,36)25-16-11-21(2)26(19-25)31(33)34/h5-6,8,10-16,19H,4,7,9,17-18,20H2,1-3H3,(H,29,32). The van der Waals surface area contributed by atoms with E-state index in [1.54, 1.807) is 12.1 Å². The lowest BCUT2D eigenvalue weighted by Crippen LogP contribution is -2.41. The molecule has 0 aromatic heterocycles. The van der Waals surface area contributed by atoms with Crippen molar-refractivity contribution in [1.29, 1.82) is 0 Å². The van der Waals surface area contributed by atoms with Gasteiger partial charge in [0.2, 0.25) is 5.91 Å². The van der Waals surface area contributed by atoms with Crippen molar-refractivity contribution in [2.75, 3.05) is 31.1 Å². The summed E-state index contributed by atoms with van der Waals surface area (Å²) in [6, 6.07) is 17.6. The van der Waals surface area contributed by atoms with E-state index in [4.69, 9.17) is 9.47 Å². The van der Waals surface area contributed by atoms with E-state index in [2.05, 4.69) is 5.32 Å². The van der Waals surface area contributed by atoms with Crippen molar-refractivity contribution in [3.63, 3.8) is 0 Å². The number of para-hydroxylation sites is 1. The van der Waals surface area contributed by atoms with Crippen LogP contribution in [0.5, 0.6) is 11.5 Å². The van der Waals surface area contributed by atoms with Crippen molar-refractivity contribution in [2.24, 2.45) is 0 Å². The minimum absolute atomic E-state index is 0.219. The molecule has 39 heavy (non-hydrogen) atoms. The molecule has 3 aromatic carbocycles. The lowest BCUT2D eigenvalue weighted by Gasteiger charge is -2.24. The fourth-order valence-electron chi connectivity index (χ4n) is 3.89. The van der Waals surface area contributed by atoms with Gasteiger partial charge < -0.3 is 14.8 Å². The number of nitro groups is 1. The van der Waals surface area contributed by atoms with Crippen molar-refractivity contribution in [2.45, 2.75) is 38.0 Å². The Balaban J connectivity index is 1.76. The first-order valence-corrected chi connectivity index (χ1v) is 14.0. The number of nitro benzene ring substituents is 1. The van der Waals surface area contributed by atoms with Gasteiger partial charge in [-0.3, -0.25) is 19.2 Å². The maximum Gasteiger partial charge on any atom is 0.273 e. The molecule has 3 aromatic rings. The van der Waals surface area contributed by atoms with Crippen molar-refractivity contribution in [3.05, 3.63) is 88.0 Å². The summed E-state index contributed by atoms with van der Waals surface area (Å²) >= 11 is 0. The number of benzene rings is 3. The second-order valence-corrected chi connectivity index (χ2v) is 10.7. The molecule has 0 aliphatic heterocycles. The van der Waals surface area contributed by atoms with Gasteiger partial charge in [0.25, 0.3) is 15.7 Å². The van der Waals surface area contributed by atoms with Gasteiger partial charge in [0.15, 0.2) is 0 Å². The van der Waals surface area contributed by atoms with E-state index in [-0.39, 0.29) is 16.3 Å². The molecular formula is C28H33N3O7S. The third-order valence-corrected chi connectivity index (χ3v) is 7.76. The van der Waals surface area contributed by atoms with Gasteiger partial charge in [0.1, 0.15) is 18.0 Å². The Labute approximate surface area is 228 Å². The number of carbonyl (C=O) groups excluding carboxylic acids is 1. The number of anilines is 1. The topological polar surface area (TPSA) is 128 Å². The van der Waals surface area contributed by atoms with Crippen LogP contribution in [0.2, 0.25) is 0 Å². The van der Waals surface area contributed by atoms with Gasteiger partial charge in [-0.05, 0) is 68.1 Å². The number of carbonyl (C=O) groups is 1. The molecule has 0 unspecified atom stereocenters. The largest absolute Gasteiger partial charge is 0.497 e. The minimum atomic E-state index is -4.32. The Kier molecular flexibility index (Phi) is 10.3. The molecule has 0 heterocycles. The summed E-state index contributed by atoms with van der Waals surface area (Å²) in [5, 5.41) is 14.2. The zero-order chi connectivity index (χ0) is 28.4. The highest BCUT2D eigenvalue weighted by Crippen LogP contribution is 2.29. The molecule has 3 rings (SSSR count). The second-order valence-electron chi connectivity index (χ2n) is 8.82. The highest BCUT2D eigenvalue weighted by Gasteiger charge is 2.29. The quantitative estimate of drug-likeness (QED) is 0.174. The van der Waals surface area contributed by atoms with Gasteiger partial charge in [0, 0.05) is 18.2 Å². The molecule has 0 atom stereocenters. The Morgan fingerprint density at radius 1 is 1.08 bits per heavy atom. The monoisotopic (exact) mass is 555 g/mol. The van der Waals surface area contributed by atoms with Gasteiger partial charge in [0.05, 0.1) is 29.2 Å². The number of ether oxygens (including phenoxy) is 2. The number of nitrogens with zero attached hydrogens (tertiary/aromatic N) is 2. The highest BCUT2D eigenvalue weighted by molar-refractivity contribution is 7.92. The van der Waals surface area contributed by atoms with Gasteiger partial charge in [-0.25, -0.2) is 8.42 Å². The fraction of sp³-hybridized carbons (Fsp3) is 0.321. The lowest BCUT2D eigenvalue weighted by atomic mass is 10.1. The summed E-state index contributed by atoms with van der Waals surface area (Å²) in [6.45, 7) is 4.00. The number of sulfonamides is 1. The smallest absolute Gasteiger partial charge is 0.273 e. The number of rotatable bonds is 14. The molecule has 1 N–H and O–H groups in total. The molecule has 0 aliphatic rings. The Morgan fingerprint density at radius 3 is 2.46 bits per heavy atom. The second kappa shape index (κ2) is 13.6. The SMILES string of the molecule is CCCOc1ccccc1CCCNC(=O)CN(c1ccc(OC)cc1)S(=O)(=O)c1ccc(C)c([N+](=O)[O-])c1. The molecule has 208 valence electrons. The fourth-order valence-corrected chi connectivity index (χ4v) is 5.33. The van der Waals surface area contributed by atoms with Crippen LogP contribution in [0.15, 0.2) is 71.6 Å². The predicted octanol–water partition coefficient (Wildman–Crippen LogP) is 4.64. The Hall–Kier alpha value is -4.12. The van der Waals surface area contributed by atoms with E-state index in [1.807, 2.05) is 31.2 Å². The van der Waals surface area contributed by atoms with E-state index in [0.29, 0.717) is 37.3 Å². The molecule has 0 aliphatic carbocycles. The summed E-state index contributed by atoms with van der Waals surface area (Å²) in [5.74, 6) is 0.816. The molecule has 1 amide bonds.